The van der Waals surface area contributed by atoms with Gasteiger partial charge in [-0.15, -0.1) is 11.3 Å². The summed E-state index contributed by atoms with van der Waals surface area (Å²) >= 11 is 1.54. The van der Waals surface area contributed by atoms with Crippen LogP contribution in [-0.4, -0.2) is 23.4 Å². The smallest absolute Gasteiger partial charge is 0.183 e. The molecule has 1 aromatic rings. The van der Waals surface area contributed by atoms with Crippen molar-refractivity contribution < 1.29 is 4.79 Å². The third kappa shape index (κ3) is 2.19. The lowest BCUT2D eigenvalue weighted by molar-refractivity contribution is 0.0967. The number of hydrogen-bond acceptors (Lipinski definition) is 4. The van der Waals surface area contributed by atoms with Crippen molar-refractivity contribution in [1.29, 1.82) is 0 Å². The molecule has 76 valence electrons. The van der Waals surface area contributed by atoms with E-state index in [1.54, 1.807) is 0 Å². The predicted molar refractivity (Wildman–Crippen MR) is 56.8 cm³/mol. The summed E-state index contributed by atoms with van der Waals surface area (Å²) in [6.45, 7) is 2.98. The first-order valence-electron chi connectivity index (χ1n) is 4.94. The van der Waals surface area contributed by atoms with E-state index < -0.39 is 0 Å². The number of carbonyl (C=O) groups excluding carboxylic acids is 1. The number of Topliss-reactive ketones (excluding diaryl/α,β-unsaturated/α-hetero) is 1. The molecule has 0 amide bonds. The maximum absolute atomic E-state index is 11.7. The number of nitrogens with one attached hydrogen (secondary N) is 1. The standard InChI is InChI=1S/C10H14N2OS/c1-7-12-9(6-14-7)10(13)5-8-3-2-4-11-8/h6,8,11H,2-5H2,1H3. The maximum Gasteiger partial charge on any atom is 0.183 e. The molecular formula is C10H14N2OS. The van der Waals surface area contributed by atoms with Gasteiger partial charge in [0.2, 0.25) is 0 Å². The lowest BCUT2D eigenvalue weighted by Gasteiger charge is -2.06. The number of aromatic nitrogens is 1. The fourth-order valence-corrected chi connectivity index (χ4v) is 2.37. The predicted octanol–water partition coefficient (Wildman–Crippen LogP) is 1.78. The van der Waals surface area contributed by atoms with Gasteiger partial charge in [-0.2, -0.15) is 0 Å². The summed E-state index contributed by atoms with van der Waals surface area (Å²) in [7, 11) is 0. The highest BCUT2D eigenvalue weighted by Crippen LogP contribution is 2.14. The molecule has 3 nitrogen and oxygen atoms in total. The second-order valence-electron chi connectivity index (χ2n) is 3.67. The Morgan fingerprint density at radius 3 is 3.21 bits per heavy atom. The number of ketones is 1. The van der Waals surface area contributed by atoms with Crippen LogP contribution in [0.4, 0.5) is 0 Å². The molecule has 0 bridgehead atoms. The van der Waals surface area contributed by atoms with Crippen LogP contribution in [0, 0.1) is 6.92 Å². The van der Waals surface area contributed by atoms with Gasteiger partial charge in [0.1, 0.15) is 5.69 Å². The quantitative estimate of drug-likeness (QED) is 0.773. The van der Waals surface area contributed by atoms with E-state index in [0.717, 1.165) is 18.0 Å². The highest BCUT2D eigenvalue weighted by Gasteiger charge is 2.19. The first-order chi connectivity index (χ1) is 6.75. The Hall–Kier alpha value is -0.740. The summed E-state index contributed by atoms with van der Waals surface area (Å²) in [6, 6.07) is 0.379. The van der Waals surface area contributed by atoms with Crippen LogP contribution in [0.2, 0.25) is 0 Å². The molecule has 2 rings (SSSR count). The molecular weight excluding hydrogens is 196 g/mol. The Morgan fingerprint density at radius 1 is 1.79 bits per heavy atom. The molecule has 1 aliphatic heterocycles. The van der Waals surface area contributed by atoms with Gasteiger partial charge in [0.15, 0.2) is 5.78 Å². The molecule has 1 unspecified atom stereocenters. The van der Waals surface area contributed by atoms with E-state index in [4.69, 9.17) is 0 Å². The molecule has 14 heavy (non-hydrogen) atoms. The lowest BCUT2D eigenvalue weighted by Crippen LogP contribution is -2.24. The number of aryl methyl sites for hydroxylation is 1. The first kappa shape index (κ1) is 9.80. The summed E-state index contributed by atoms with van der Waals surface area (Å²) in [5.74, 6) is 0.175. The summed E-state index contributed by atoms with van der Waals surface area (Å²) < 4.78 is 0. The van der Waals surface area contributed by atoms with Gasteiger partial charge < -0.3 is 5.32 Å². The highest BCUT2D eigenvalue weighted by molar-refractivity contribution is 7.09. The zero-order valence-corrected chi connectivity index (χ0v) is 9.06. The second-order valence-corrected chi connectivity index (χ2v) is 4.73. The summed E-state index contributed by atoms with van der Waals surface area (Å²) in [5, 5.41) is 6.14. The molecule has 1 saturated heterocycles. The van der Waals surface area contributed by atoms with E-state index >= 15 is 0 Å². The number of thiazole rings is 1. The molecule has 1 N–H and O–H groups in total. The van der Waals surface area contributed by atoms with Crippen LogP contribution in [0.15, 0.2) is 5.38 Å². The Bertz CT molecular complexity index is 329. The van der Waals surface area contributed by atoms with Gasteiger partial charge >= 0.3 is 0 Å². The minimum absolute atomic E-state index is 0.175. The Kier molecular flexibility index (Phi) is 2.93. The van der Waals surface area contributed by atoms with E-state index in [-0.39, 0.29) is 5.78 Å². The van der Waals surface area contributed by atoms with Crippen molar-refractivity contribution in [1.82, 2.24) is 10.3 Å². The summed E-state index contributed by atoms with van der Waals surface area (Å²) in [6.07, 6.45) is 2.91. The van der Waals surface area contributed by atoms with E-state index in [0.29, 0.717) is 18.2 Å². The SMILES string of the molecule is Cc1nc(C(=O)CC2CCCN2)cs1. The second kappa shape index (κ2) is 4.19. The van der Waals surface area contributed by atoms with Crippen molar-refractivity contribution in [3.05, 3.63) is 16.1 Å². The van der Waals surface area contributed by atoms with E-state index in [2.05, 4.69) is 10.3 Å². The molecule has 0 saturated carbocycles. The maximum atomic E-state index is 11.7. The van der Waals surface area contributed by atoms with Crippen LogP contribution < -0.4 is 5.32 Å². The Morgan fingerprint density at radius 2 is 2.64 bits per heavy atom. The summed E-state index contributed by atoms with van der Waals surface area (Å²) in [5.41, 5.74) is 0.640. The van der Waals surface area contributed by atoms with Gasteiger partial charge in [0.25, 0.3) is 0 Å². The van der Waals surface area contributed by atoms with Crippen molar-refractivity contribution in [3.63, 3.8) is 0 Å². The molecule has 1 aliphatic rings. The fourth-order valence-electron chi connectivity index (χ4n) is 1.75. The lowest BCUT2D eigenvalue weighted by atomic mass is 10.1. The number of carbonyl (C=O) groups is 1. The van der Waals surface area contributed by atoms with Crippen molar-refractivity contribution >= 4 is 17.1 Å². The van der Waals surface area contributed by atoms with Gasteiger partial charge in [0.05, 0.1) is 5.01 Å². The van der Waals surface area contributed by atoms with Crippen LogP contribution in [0.25, 0.3) is 0 Å². The van der Waals surface area contributed by atoms with Crippen LogP contribution in [-0.2, 0) is 0 Å². The zero-order chi connectivity index (χ0) is 9.97. The molecule has 1 aromatic heterocycles. The van der Waals surface area contributed by atoms with Gasteiger partial charge in [-0.1, -0.05) is 0 Å². The molecule has 0 aromatic carbocycles. The Balaban J connectivity index is 1.95. The van der Waals surface area contributed by atoms with Crippen molar-refractivity contribution in [2.24, 2.45) is 0 Å². The molecule has 4 heteroatoms. The van der Waals surface area contributed by atoms with Gasteiger partial charge in [0, 0.05) is 17.8 Å². The van der Waals surface area contributed by atoms with Gasteiger partial charge in [-0.25, -0.2) is 4.98 Å². The first-order valence-corrected chi connectivity index (χ1v) is 5.82. The van der Waals surface area contributed by atoms with Crippen molar-refractivity contribution in [2.75, 3.05) is 6.54 Å². The number of rotatable bonds is 3. The Labute approximate surface area is 87.6 Å². The molecule has 1 atom stereocenters. The van der Waals surface area contributed by atoms with Crippen molar-refractivity contribution in [2.45, 2.75) is 32.2 Å². The van der Waals surface area contributed by atoms with Crippen LogP contribution in [0.3, 0.4) is 0 Å². The fraction of sp³-hybridized carbons (Fsp3) is 0.600. The molecule has 0 aliphatic carbocycles. The van der Waals surface area contributed by atoms with E-state index in [1.807, 2.05) is 12.3 Å². The van der Waals surface area contributed by atoms with Crippen molar-refractivity contribution in [3.8, 4) is 0 Å². The van der Waals surface area contributed by atoms with Crippen LogP contribution >= 0.6 is 11.3 Å². The average Bonchev–Trinajstić information content (AvgIpc) is 2.75. The summed E-state index contributed by atoms with van der Waals surface area (Å²) in [4.78, 5) is 15.9. The molecule has 0 spiro atoms. The normalized spacial score (nSPS) is 21.4. The average molecular weight is 210 g/mol. The minimum Gasteiger partial charge on any atom is -0.314 e. The molecule has 2 heterocycles. The zero-order valence-electron chi connectivity index (χ0n) is 8.25. The third-order valence-electron chi connectivity index (χ3n) is 2.50. The molecule has 1 fully saturated rings. The monoisotopic (exact) mass is 210 g/mol. The topological polar surface area (TPSA) is 42.0 Å². The van der Waals surface area contributed by atoms with E-state index in [9.17, 15) is 4.79 Å². The molecule has 0 radical (unpaired) electrons. The largest absolute Gasteiger partial charge is 0.314 e. The van der Waals surface area contributed by atoms with Crippen LogP contribution in [0.1, 0.15) is 34.8 Å². The minimum atomic E-state index is 0.175. The van der Waals surface area contributed by atoms with Crippen LogP contribution in [0.5, 0.6) is 0 Å². The van der Waals surface area contributed by atoms with Gasteiger partial charge in [-0.05, 0) is 26.3 Å². The third-order valence-corrected chi connectivity index (χ3v) is 3.27. The number of hydrogen-bond donors (Lipinski definition) is 1. The highest BCUT2D eigenvalue weighted by atomic mass is 32.1. The van der Waals surface area contributed by atoms with Gasteiger partial charge in [-0.3, -0.25) is 4.79 Å². The van der Waals surface area contributed by atoms with E-state index in [1.165, 1.54) is 17.8 Å². The number of nitrogens with zero attached hydrogens (tertiary/aromatic N) is 1.